The van der Waals surface area contributed by atoms with Crippen LogP contribution in [0.25, 0.3) is 0 Å². The summed E-state index contributed by atoms with van der Waals surface area (Å²) in [6.07, 6.45) is 0. The van der Waals surface area contributed by atoms with Gasteiger partial charge in [0.2, 0.25) is 5.91 Å². The lowest BCUT2D eigenvalue weighted by atomic mass is 10.1. The number of anilines is 1. The first-order valence-electron chi connectivity index (χ1n) is 6.75. The van der Waals surface area contributed by atoms with Crippen LogP contribution in [0.1, 0.15) is 17.3 Å². The Labute approximate surface area is 128 Å². The summed E-state index contributed by atoms with van der Waals surface area (Å²) in [6.45, 7) is 3.27. The third-order valence-corrected chi connectivity index (χ3v) is 3.43. The van der Waals surface area contributed by atoms with E-state index in [1.54, 1.807) is 18.2 Å². The number of hydrogen-bond acceptors (Lipinski definition) is 4. The molecule has 21 heavy (non-hydrogen) atoms. The Morgan fingerprint density at radius 3 is 2.90 bits per heavy atom. The number of amides is 2. The monoisotopic (exact) mass is 311 g/mol. The molecule has 6 nitrogen and oxygen atoms in total. The minimum atomic E-state index is -0.633. The fourth-order valence-electron chi connectivity index (χ4n) is 2.26. The molecule has 1 saturated heterocycles. The lowest BCUT2D eigenvalue weighted by Gasteiger charge is -2.34. The molecule has 7 heteroatoms. The molecular formula is C14H18ClN3O3. The van der Waals surface area contributed by atoms with Crippen LogP contribution in [-0.4, -0.2) is 49.1 Å². The number of nitrogens with two attached hydrogens (primary N) is 1. The molecule has 0 spiro atoms. The summed E-state index contributed by atoms with van der Waals surface area (Å²) in [4.78, 5) is 26.1. The van der Waals surface area contributed by atoms with Gasteiger partial charge in [-0.25, -0.2) is 0 Å². The van der Waals surface area contributed by atoms with Crippen LogP contribution in [0.4, 0.5) is 5.69 Å². The first-order valence-corrected chi connectivity index (χ1v) is 7.13. The highest BCUT2D eigenvalue weighted by Crippen LogP contribution is 2.20. The van der Waals surface area contributed by atoms with Crippen LogP contribution in [0, 0.1) is 0 Å². The normalized spacial score (nSPS) is 18.4. The Hall–Kier alpha value is -1.79. The van der Waals surface area contributed by atoms with Gasteiger partial charge in [0.1, 0.15) is 6.04 Å². The molecule has 0 saturated carbocycles. The van der Waals surface area contributed by atoms with Crippen LogP contribution in [0.15, 0.2) is 18.2 Å². The lowest BCUT2D eigenvalue weighted by Crippen LogP contribution is -2.55. The second kappa shape index (κ2) is 6.78. The molecule has 1 unspecified atom stereocenters. The molecule has 1 heterocycles. The fourth-order valence-corrected chi connectivity index (χ4v) is 2.50. The fraction of sp³-hybridized carbons (Fsp3) is 0.429. The van der Waals surface area contributed by atoms with Crippen LogP contribution in [-0.2, 0) is 9.53 Å². The lowest BCUT2D eigenvalue weighted by molar-refractivity contribution is -0.130. The first kappa shape index (κ1) is 15.6. The number of benzene rings is 1. The van der Waals surface area contributed by atoms with E-state index < -0.39 is 6.04 Å². The quantitative estimate of drug-likeness (QED) is 0.812. The molecular weight excluding hydrogens is 294 g/mol. The number of carbonyl (C=O) groups excluding carboxylic acids is 2. The van der Waals surface area contributed by atoms with Gasteiger partial charge in [0.15, 0.2) is 0 Å². The number of nitrogen functional groups attached to an aromatic ring is 1. The molecule has 0 radical (unpaired) electrons. The van der Waals surface area contributed by atoms with E-state index in [0.29, 0.717) is 36.0 Å². The van der Waals surface area contributed by atoms with Crippen LogP contribution >= 0.6 is 11.6 Å². The molecule has 1 atom stereocenters. The molecule has 1 aliphatic rings. The van der Waals surface area contributed by atoms with Gasteiger partial charge in [-0.05, 0) is 25.1 Å². The second-order valence-corrected chi connectivity index (χ2v) is 5.19. The standard InChI is InChI=1S/C14H18ClN3O3/c1-2-17-13(19)12-8-21-4-3-18(12)14(20)9-5-10(15)7-11(16)6-9/h5-7,12H,2-4,8,16H2,1H3,(H,17,19). The smallest absolute Gasteiger partial charge is 0.254 e. The summed E-state index contributed by atoms with van der Waals surface area (Å²) in [5.41, 5.74) is 6.49. The van der Waals surface area contributed by atoms with E-state index in [-0.39, 0.29) is 18.4 Å². The number of carbonyl (C=O) groups is 2. The van der Waals surface area contributed by atoms with Crippen molar-refractivity contribution < 1.29 is 14.3 Å². The van der Waals surface area contributed by atoms with Crippen molar-refractivity contribution in [3.05, 3.63) is 28.8 Å². The Balaban J connectivity index is 2.24. The van der Waals surface area contributed by atoms with Gasteiger partial charge in [-0.3, -0.25) is 9.59 Å². The highest BCUT2D eigenvalue weighted by molar-refractivity contribution is 6.31. The van der Waals surface area contributed by atoms with E-state index in [1.165, 1.54) is 4.90 Å². The number of ether oxygens (including phenoxy) is 1. The van der Waals surface area contributed by atoms with Gasteiger partial charge in [0.05, 0.1) is 13.2 Å². The zero-order valence-electron chi connectivity index (χ0n) is 11.8. The van der Waals surface area contributed by atoms with Gasteiger partial charge in [-0.1, -0.05) is 11.6 Å². The Bertz CT molecular complexity index is 530. The Kier molecular flexibility index (Phi) is 5.03. The summed E-state index contributed by atoms with van der Waals surface area (Å²) in [5.74, 6) is -0.496. The minimum Gasteiger partial charge on any atom is -0.399 e. The van der Waals surface area contributed by atoms with Gasteiger partial charge >= 0.3 is 0 Å². The Morgan fingerprint density at radius 2 is 2.24 bits per heavy atom. The number of hydrogen-bond donors (Lipinski definition) is 2. The highest BCUT2D eigenvalue weighted by atomic mass is 35.5. The van der Waals surface area contributed by atoms with Crippen molar-refractivity contribution in [3.8, 4) is 0 Å². The number of halogens is 1. The SMILES string of the molecule is CCNC(=O)C1COCCN1C(=O)c1cc(N)cc(Cl)c1. The molecule has 0 aromatic heterocycles. The van der Waals surface area contributed by atoms with E-state index in [4.69, 9.17) is 22.1 Å². The molecule has 2 amide bonds. The first-order chi connectivity index (χ1) is 10.0. The molecule has 114 valence electrons. The number of rotatable bonds is 3. The van der Waals surface area contributed by atoms with Crippen LogP contribution in [0.5, 0.6) is 0 Å². The average molecular weight is 312 g/mol. The van der Waals surface area contributed by atoms with Gasteiger partial charge < -0.3 is 20.7 Å². The van der Waals surface area contributed by atoms with Crippen molar-refractivity contribution in [3.63, 3.8) is 0 Å². The third-order valence-electron chi connectivity index (χ3n) is 3.21. The minimum absolute atomic E-state index is 0.188. The maximum atomic E-state index is 12.6. The van der Waals surface area contributed by atoms with Crippen LogP contribution in [0.3, 0.4) is 0 Å². The average Bonchev–Trinajstić information content (AvgIpc) is 2.45. The topological polar surface area (TPSA) is 84.7 Å². The molecule has 1 aromatic carbocycles. The van der Waals surface area contributed by atoms with E-state index in [0.717, 1.165) is 0 Å². The summed E-state index contributed by atoms with van der Waals surface area (Å²) in [6, 6.07) is 4.04. The summed E-state index contributed by atoms with van der Waals surface area (Å²) < 4.78 is 5.31. The molecule has 2 rings (SSSR count). The predicted molar refractivity (Wildman–Crippen MR) is 80.2 cm³/mol. The maximum Gasteiger partial charge on any atom is 0.254 e. The van der Waals surface area contributed by atoms with E-state index in [9.17, 15) is 9.59 Å². The highest BCUT2D eigenvalue weighted by Gasteiger charge is 2.33. The summed E-state index contributed by atoms with van der Waals surface area (Å²) >= 11 is 5.93. The zero-order chi connectivity index (χ0) is 15.4. The largest absolute Gasteiger partial charge is 0.399 e. The number of morpholine rings is 1. The second-order valence-electron chi connectivity index (χ2n) is 4.76. The van der Waals surface area contributed by atoms with Crippen molar-refractivity contribution in [1.29, 1.82) is 0 Å². The molecule has 0 aliphatic carbocycles. The van der Waals surface area contributed by atoms with E-state index in [1.807, 2.05) is 6.92 Å². The number of nitrogens with zero attached hydrogens (tertiary/aromatic N) is 1. The van der Waals surface area contributed by atoms with Gasteiger partial charge in [0, 0.05) is 29.4 Å². The number of likely N-dealkylation sites (N-methyl/N-ethyl adjacent to an activating group) is 1. The van der Waals surface area contributed by atoms with Gasteiger partial charge in [0.25, 0.3) is 5.91 Å². The molecule has 1 aliphatic heterocycles. The zero-order valence-corrected chi connectivity index (χ0v) is 12.5. The molecule has 1 fully saturated rings. The summed E-state index contributed by atoms with van der Waals surface area (Å²) in [5, 5.41) is 3.10. The van der Waals surface area contributed by atoms with Gasteiger partial charge in [-0.15, -0.1) is 0 Å². The van der Waals surface area contributed by atoms with E-state index >= 15 is 0 Å². The van der Waals surface area contributed by atoms with Crippen LogP contribution < -0.4 is 11.1 Å². The molecule has 0 bridgehead atoms. The predicted octanol–water partition coefficient (Wildman–Crippen LogP) is 0.899. The summed E-state index contributed by atoms with van der Waals surface area (Å²) in [7, 11) is 0. The van der Waals surface area contributed by atoms with Crippen molar-refractivity contribution >= 4 is 29.1 Å². The van der Waals surface area contributed by atoms with Crippen molar-refractivity contribution in [2.45, 2.75) is 13.0 Å². The van der Waals surface area contributed by atoms with E-state index in [2.05, 4.69) is 5.32 Å². The molecule has 3 N–H and O–H groups in total. The Morgan fingerprint density at radius 1 is 1.48 bits per heavy atom. The third kappa shape index (κ3) is 3.65. The molecule has 1 aromatic rings. The van der Waals surface area contributed by atoms with Crippen molar-refractivity contribution in [2.75, 3.05) is 32.0 Å². The van der Waals surface area contributed by atoms with Crippen molar-refractivity contribution in [2.24, 2.45) is 0 Å². The number of nitrogens with one attached hydrogen (secondary N) is 1. The maximum absolute atomic E-state index is 12.6. The van der Waals surface area contributed by atoms with Crippen molar-refractivity contribution in [1.82, 2.24) is 10.2 Å². The van der Waals surface area contributed by atoms with Crippen LogP contribution in [0.2, 0.25) is 5.02 Å². The van der Waals surface area contributed by atoms with Gasteiger partial charge in [-0.2, -0.15) is 0 Å².